The number of aromatic carboxylic acids is 1. The van der Waals surface area contributed by atoms with E-state index in [-0.39, 0.29) is 5.56 Å². The van der Waals surface area contributed by atoms with Crippen LogP contribution >= 0.6 is 11.8 Å². The lowest BCUT2D eigenvalue weighted by Crippen LogP contribution is -1.98. The number of nitrogens with two attached hydrogens (primary N) is 1. The zero-order valence-electron chi connectivity index (χ0n) is 8.83. The van der Waals surface area contributed by atoms with Gasteiger partial charge in [0, 0.05) is 27.9 Å². The molecule has 0 amide bonds. The summed E-state index contributed by atoms with van der Waals surface area (Å²) in [7, 11) is 0. The van der Waals surface area contributed by atoms with Crippen molar-refractivity contribution in [2.24, 2.45) is 0 Å². The minimum absolute atomic E-state index is 0.243. The lowest BCUT2D eigenvalue weighted by Gasteiger charge is -2.05. The molecule has 0 radical (unpaired) electrons. The minimum Gasteiger partial charge on any atom is -0.478 e. The maximum absolute atomic E-state index is 11.0. The second-order valence-corrected chi connectivity index (χ2v) is 4.47. The molecule has 0 aliphatic heterocycles. The van der Waals surface area contributed by atoms with E-state index in [9.17, 15) is 4.79 Å². The lowest BCUT2D eigenvalue weighted by molar-refractivity contribution is 0.0693. The maximum Gasteiger partial charge on any atom is 0.336 e. The van der Waals surface area contributed by atoms with Gasteiger partial charge in [-0.15, -0.1) is 0 Å². The Morgan fingerprint density at radius 3 is 2.88 bits per heavy atom. The average Bonchev–Trinajstić information content (AvgIpc) is 2.29. The molecule has 1 aromatic carbocycles. The van der Waals surface area contributed by atoms with E-state index in [0.29, 0.717) is 10.6 Å². The van der Waals surface area contributed by atoms with Crippen molar-refractivity contribution in [1.82, 2.24) is 4.98 Å². The second kappa shape index (κ2) is 4.88. The molecule has 3 N–H and O–H groups in total. The highest BCUT2D eigenvalue weighted by Crippen LogP contribution is 2.30. The summed E-state index contributed by atoms with van der Waals surface area (Å²) in [4.78, 5) is 16.4. The number of rotatable bonds is 3. The molecule has 0 fully saturated rings. The Labute approximate surface area is 102 Å². The summed E-state index contributed by atoms with van der Waals surface area (Å²) < 4.78 is 0. The van der Waals surface area contributed by atoms with Gasteiger partial charge in [-0.2, -0.15) is 0 Å². The number of nitrogen functional groups attached to an aromatic ring is 1. The van der Waals surface area contributed by atoms with Crippen LogP contribution < -0.4 is 5.73 Å². The predicted octanol–water partition coefficient (Wildman–Crippen LogP) is 2.51. The summed E-state index contributed by atoms with van der Waals surface area (Å²) in [6, 6.07) is 8.76. The van der Waals surface area contributed by atoms with Gasteiger partial charge in [-0.05, 0) is 24.3 Å². The van der Waals surface area contributed by atoms with Crippen LogP contribution in [-0.4, -0.2) is 16.1 Å². The van der Waals surface area contributed by atoms with Crippen molar-refractivity contribution in [3.8, 4) is 0 Å². The van der Waals surface area contributed by atoms with Gasteiger partial charge >= 0.3 is 5.97 Å². The molecular formula is C12H10N2O2S. The minimum atomic E-state index is -0.959. The summed E-state index contributed by atoms with van der Waals surface area (Å²) in [5, 5.41) is 9.03. The largest absolute Gasteiger partial charge is 0.478 e. The van der Waals surface area contributed by atoms with E-state index in [4.69, 9.17) is 10.8 Å². The first-order chi connectivity index (χ1) is 8.16. The Bertz CT molecular complexity index is 558. The summed E-state index contributed by atoms with van der Waals surface area (Å²) in [5.74, 6) is -0.959. The van der Waals surface area contributed by atoms with E-state index in [1.54, 1.807) is 12.1 Å². The molecule has 0 aliphatic carbocycles. The molecule has 0 saturated heterocycles. The molecule has 17 heavy (non-hydrogen) atoms. The van der Waals surface area contributed by atoms with Gasteiger partial charge < -0.3 is 10.8 Å². The van der Waals surface area contributed by atoms with E-state index in [0.717, 1.165) is 4.90 Å². The zero-order chi connectivity index (χ0) is 12.3. The van der Waals surface area contributed by atoms with Gasteiger partial charge in [0.05, 0.1) is 5.56 Å². The fourth-order valence-corrected chi connectivity index (χ4v) is 2.32. The Morgan fingerprint density at radius 2 is 2.18 bits per heavy atom. The van der Waals surface area contributed by atoms with Crippen molar-refractivity contribution in [1.29, 1.82) is 0 Å². The number of hydrogen-bond acceptors (Lipinski definition) is 4. The third-order valence-corrected chi connectivity index (χ3v) is 3.14. The van der Waals surface area contributed by atoms with Crippen molar-refractivity contribution >= 4 is 23.4 Å². The maximum atomic E-state index is 11.0. The number of aromatic nitrogens is 1. The summed E-state index contributed by atoms with van der Waals surface area (Å²) in [5.41, 5.74) is 6.56. The fraction of sp³-hybridized carbons (Fsp3) is 0. The topological polar surface area (TPSA) is 76.2 Å². The Balaban J connectivity index is 2.33. The van der Waals surface area contributed by atoms with Crippen molar-refractivity contribution in [2.45, 2.75) is 9.79 Å². The van der Waals surface area contributed by atoms with E-state index >= 15 is 0 Å². The van der Waals surface area contributed by atoms with Crippen LogP contribution in [0.4, 0.5) is 5.69 Å². The first-order valence-electron chi connectivity index (χ1n) is 4.87. The average molecular weight is 246 g/mol. The standard InChI is InChI=1S/C12H10N2O2S/c13-8-2-1-3-9(6-8)17-11-7-14-5-4-10(11)12(15)16/h1-7H,13H2,(H,15,16). The van der Waals surface area contributed by atoms with Crippen LogP contribution in [0.2, 0.25) is 0 Å². The van der Waals surface area contributed by atoms with Crippen LogP contribution in [0.1, 0.15) is 10.4 Å². The van der Waals surface area contributed by atoms with Crippen LogP contribution in [0.15, 0.2) is 52.5 Å². The van der Waals surface area contributed by atoms with Crippen molar-refractivity contribution in [3.05, 3.63) is 48.3 Å². The van der Waals surface area contributed by atoms with Gasteiger partial charge in [0.1, 0.15) is 0 Å². The van der Waals surface area contributed by atoms with Crippen LogP contribution in [0.5, 0.6) is 0 Å². The van der Waals surface area contributed by atoms with E-state index in [1.165, 1.54) is 30.2 Å². The molecule has 5 heteroatoms. The van der Waals surface area contributed by atoms with Crippen molar-refractivity contribution < 1.29 is 9.90 Å². The smallest absolute Gasteiger partial charge is 0.336 e. The van der Waals surface area contributed by atoms with Gasteiger partial charge in [-0.25, -0.2) is 4.79 Å². The van der Waals surface area contributed by atoms with Crippen LogP contribution in [0.3, 0.4) is 0 Å². The van der Waals surface area contributed by atoms with Gasteiger partial charge in [0.15, 0.2) is 0 Å². The first kappa shape index (κ1) is 11.5. The third kappa shape index (κ3) is 2.76. The second-order valence-electron chi connectivity index (χ2n) is 3.35. The molecule has 4 nitrogen and oxygen atoms in total. The summed E-state index contributed by atoms with van der Waals surface area (Å²) >= 11 is 1.33. The van der Waals surface area contributed by atoms with Crippen LogP contribution in [-0.2, 0) is 0 Å². The van der Waals surface area contributed by atoms with Gasteiger partial charge in [0.2, 0.25) is 0 Å². The van der Waals surface area contributed by atoms with Crippen LogP contribution in [0.25, 0.3) is 0 Å². The van der Waals surface area contributed by atoms with Crippen LogP contribution in [0, 0.1) is 0 Å². The van der Waals surface area contributed by atoms with Gasteiger partial charge in [0.25, 0.3) is 0 Å². The third-order valence-electron chi connectivity index (χ3n) is 2.10. The molecular weight excluding hydrogens is 236 g/mol. The Kier molecular flexibility index (Phi) is 3.30. The number of benzene rings is 1. The highest BCUT2D eigenvalue weighted by Gasteiger charge is 2.10. The predicted molar refractivity (Wildman–Crippen MR) is 66.2 cm³/mol. The molecule has 0 unspecified atom stereocenters. The molecule has 86 valence electrons. The monoisotopic (exact) mass is 246 g/mol. The molecule has 0 spiro atoms. The zero-order valence-corrected chi connectivity index (χ0v) is 9.65. The first-order valence-corrected chi connectivity index (χ1v) is 5.69. The quantitative estimate of drug-likeness (QED) is 0.814. The number of carbonyl (C=O) groups is 1. The molecule has 1 aromatic heterocycles. The number of nitrogens with zero attached hydrogens (tertiary/aromatic N) is 1. The number of carboxylic acid groups (broad SMARTS) is 1. The molecule has 2 aromatic rings. The van der Waals surface area contributed by atoms with E-state index in [2.05, 4.69) is 4.98 Å². The normalized spacial score (nSPS) is 10.1. The number of pyridine rings is 1. The van der Waals surface area contributed by atoms with Gasteiger partial charge in [-0.3, -0.25) is 4.98 Å². The van der Waals surface area contributed by atoms with Gasteiger partial charge in [-0.1, -0.05) is 17.8 Å². The highest BCUT2D eigenvalue weighted by molar-refractivity contribution is 7.99. The lowest BCUT2D eigenvalue weighted by atomic mass is 10.3. The number of anilines is 1. The highest BCUT2D eigenvalue weighted by atomic mass is 32.2. The summed E-state index contributed by atoms with van der Waals surface area (Å²) in [6.45, 7) is 0. The number of carboxylic acids is 1. The molecule has 2 rings (SSSR count). The SMILES string of the molecule is Nc1cccc(Sc2cnccc2C(=O)O)c1. The Hall–Kier alpha value is -2.01. The summed E-state index contributed by atoms with van der Waals surface area (Å²) in [6.07, 6.45) is 3.00. The molecule has 0 atom stereocenters. The molecule has 0 bridgehead atoms. The van der Waals surface area contributed by atoms with Crippen molar-refractivity contribution in [3.63, 3.8) is 0 Å². The van der Waals surface area contributed by atoms with Crippen molar-refractivity contribution in [2.75, 3.05) is 5.73 Å². The Morgan fingerprint density at radius 1 is 1.35 bits per heavy atom. The molecule has 1 heterocycles. The fourth-order valence-electron chi connectivity index (χ4n) is 1.34. The van der Waals surface area contributed by atoms with E-state index in [1.807, 2.05) is 12.1 Å². The molecule has 0 aliphatic rings. The number of hydrogen-bond donors (Lipinski definition) is 2. The molecule has 0 saturated carbocycles. The van der Waals surface area contributed by atoms with E-state index < -0.39 is 5.97 Å².